The highest BCUT2D eigenvalue weighted by Gasteiger charge is 2.51. The Hall–Kier alpha value is -2.37. The molecular formula is C21H23ClN2O3. The molecule has 5 nitrogen and oxygen atoms in total. The van der Waals surface area contributed by atoms with Crippen LogP contribution in [0.25, 0.3) is 0 Å². The maximum absolute atomic E-state index is 13.1. The molecule has 0 radical (unpaired) electrons. The van der Waals surface area contributed by atoms with Gasteiger partial charge in [0.1, 0.15) is 0 Å². The molecule has 27 heavy (non-hydrogen) atoms. The zero-order valence-electron chi connectivity index (χ0n) is 15.3. The second kappa shape index (κ2) is 7.71. The molecule has 0 saturated heterocycles. The van der Waals surface area contributed by atoms with E-state index < -0.39 is 11.3 Å². The van der Waals surface area contributed by atoms with Crippen LogP contribution < -0.4 is 10.8 Å². The lowest BCUT2D eigenvalue weighted by Gasteiger charge is -2.26. The fourth-order valence-electron chi connectivity index (χ4n) is 3.36. The summed E-state index contributed by atoms with van der Waals surface area (Å²) < 4.78 is 0. The van der Waals surface area contributed by atoms with Crippen molar-refractivity contribution in [1.82, 2.24) is 10.8 Å². The first-order chi connectivity index (χ1) is 12.9. The van der Waals surface area contributed by atoms with E-state index in [1.54, 1.807) is 29.7 Å². The Bertz CT molecular complexity index is 828. The molecule has 142 valence electrons. The highest BCUT2D eigenvalue weighted by molar-refractivity contribution is 6.30. The molecule has 0 spiro atoms. The summed E-state index contributed by atoms with van der Waals surface area (Å²) in [5.41, 5.74) is 3.40. The van der Waals surface area contributed by atoms with Crippen molar-refractivity contribution in [2.45, 2.75) is 38.1 Å². The van der Waals surface area contributed by atoms with E-state index in [0.717, 1.165) is 24.0 Å². The third kappa shape index (κ3) is 3.99. The summed E-state index contributed by atoms with van der Waals surface area (Å²) in [5.74, 6) is -0.375. The minimum atomic E-state index is -0.564. The Morgan fingerprint density at radius 1 is 1.04 bits per heavy atom. The Morgan fingerprint density at radius 3 is 2.11 bits per heavy atom. The molecule has 1 unspecified atom stereocenters. The maximum Gasteiger partial charge on any atom is 0.274 e. The first-order valence-electron chi connectivity index (χ1n) is 8.99. The Morgan fingerprint density at radius 2 is 1.63 bits per heavy atom. The number of carbonyl (C=O) groups is 2. The van der Waals surface area contributed by atoms with Crippen LogP contribution in [0.15, 0.2) is 48.5 Å². The summed E-state index contributed by atoms with van der Waals surface area (Å²) in [6.07, 6.45) is 1.64. The Balaban J connectivity index is 1.79. The van der Waals surface area contributed by atoms with E-state index in [1.165, 1.54) is 0 Å². The second-order valence-corrected chi connectivity index (χ2v) is 7.78. The minimum absolute atomic E-state index is 0.0145. The van der Waals surface area contributed by atoms with Crippen LogP contribution in [0, 0.1) is 5.92 Å². The lowest BCUT2D eigenvalue weighted by Crippen LogP contribution is -2.39. The predicted molar refractivity (Wildman–Crippen MR) is 104 cm³/mol. The molecule has 2 amide bonds. The zero-order chi connectivity index (χ0) is 19.6. The topological polar surface area (TPSA) is 78.4 Å². The van der Waals surface area contributed by atoms with E-state index in [2.05, 4.69) is 5.32 Å². The van der Waals surface area contributed by atoms with Crippen molar-refractivity contribution < 1.29 is 14.8 Å². The zero-order valence-corrected chi connectivity index (χ0v) is 16.1. The van der Waals surface area contributed by atoms with Gasteiger partial charge in [0.25, 0.3) is 5.91 Å². The van der Waals surface area contributed by atoms with Crippen molar-refractivity contribution in [3.05, 3.63) is 70.2 Å². The summed E-state index contributed by atoms with van der Waals surface area (Å²) in [6.45, 7) is 4.09. The van der Waals surface area contributed by atoms with Gasteiger partial charge in [0.15, 0.2) is 0 Å². The molecule has 1 atom stereocenters. The van der Waals surface area contributed by atoms with Crippen molar-refractivity contribution in [3.63, 3.8) is 0 Å². The molecule has 2 aromatic carbocycles. The molecule has 6 heteroatoms. The second-order valence-electron chi connectivity index (χ2n) is 7.35. The molecule has 1 saturated carbocycles. The van der Waals surface area contributed by atoms with Crippen LogP contribution in [0.2, 0.25) is 5.02 Å². The fourth-order valence-corrected chi connectivity index (χ4v) is 3.49. The summed E-state index contributed by atoms with van der Waals surface area (Å²) in [6, 6.07) is 14.2. The van der Waals surface area contributed by atoms with E-state index in [-0.39, 0.29) is 17.9 Å². The standard InChI is InChI=1S/C21H23ClN2O3/c1-13(2)18(14-3-5-15(6-4-14)19(25)24-27)23-20(26)21(11-12-21)16-7-9-17(22)10-8-16/h3-10,13,18,27H,11-12H2,1-2H3,(H,23,26)(H,24,25). The first kappa shape index (κ1) is 19.4. The van der Waals surface area contributed by atoms with Gasteiger partial charge in [0.2, 0.25) is 5.91 Å². The smallest absolute Gasteiger partial charge is 0.274 e. The van der Waals surface area contributed by atoms with E-state index in [0.29, 0.717) is 10.6 Å². The number of halogens is 1. The Kier molecular flexibility index (Phi) is 5.53. The molecule has 1 aliphatic carbocycles. The van der Waals surface area contributed by atoms with Gasteiger partial charge in [0, 0.05) is 10.6 Å². The van der Waals surface area contributed by atoms with Gasteiger partial charge in [0.05, 0.1) is 11.5 Å². The third-order valence-corrected chi connectivity index (χ3v) is 5.42. The summed E-state index contributed by atoms with van der Waals surface area (Å²) in [4.78, 5) is 24.6. The van der Waals surface area contributed by atoms with E-state index in [4.69, 9.17) is 16.8 Å². The molecule has 0 aliphatic heterocycles. The molecule has 0 bridgehead atoms. The summed E-state index contributed by atoms with van der Waals surface area (Å²) >= 11 is 5.97. The summed E-state index contributed by atoms with van der Waals surface area (Å²) in [5, 5.41) is 12.6. The van der Waals surface area contributed by atoms with Crippen LogP contribution in [-0.4, -0.2) is 17.0 Å². The van der Waals surface area contributed by atoms with Crippen molar-refractivity contribution in [1.29, 1.82) is 0 Å². The lowest BCUT2D eigenvalue weighted by molar-refractivity contribution is -0.124. The molecular weight excluding hydrogens is 364 g/mol. The number of benzene rings is 2. The van der Waals surface area contributed by atoms with Crippen molar-refractivity contribution in [2.24, 2.45) is 5.92 Å². The van der Waals surface area contributed by atoms with Gasteiger partial charge in [-0.1, -0.05) is 49.7 Å². The van der Waals surface area contributed by atoms with Gasteiger partial charge in [-0.15, -0.1) is 0 Å². The summed E-state index contributed by atoms with van der Waals surface area (Å²) in [7, 11) is 0. The quantitative estimate of drug-likeness (QED) is 0.518. The van der Waals surface area contributed by atoms with Gasteiger partial charge < -0.3 is 5.32 Å². The van der Waals surface area contributed by atoms with Crippen LogP contribution in [0.3, 0.4) is 0 Å². The number of rotatable bonds is 6. The fraction of sp³-hybridized carbons (Fsp3) is 0.333. The number of nitrogens with one attached hydrogen (secondary N) is 2. The van der Waals surface area contributed by atoms with Gasteiger partial charge in [-0.3, -0.25) is 14.8 Å². The van der Waals surface area contributed by atoms with Crippen molar-refractivity contribution in [2.75, 3.05) is 0 Å². The largest absolute Gasteiger partial charge is 0.348 e. The highest BCUT2D eigenvalue weighted by Crippen LogP contribution is 2.49. The van der Waals surface area contributed by atoms with E-state index in [9.17, 15) is 9.59 Å². The monoisotopic (exact) mass is 386 g/mol. The molecule has 3 N–H and O–H groups in total. The number of hydroxylamine groups is 1. The Labute approximate surface area is 163 Å². The van der Waals surface area contributed by atoms with E-state index >= 15 is 0 Å². The van der Waals surface area contributed by atoms with Crippen LogP contribution >= 0.6 is 11.6 Å². The van der Waals surface area contributed by atoms with Gasteiger partial charge >= 0.3 is 0 Å². The van der Waals surface area contributed by atoms with Crippen molar-refractivity contribution >= 4 is 23.4 Å². The minimum Gasteiger partial charge on any atom is -0.348 e. The SMILES string of the molecule is CC(C)C(NC(=O)C1(c2ccc(Cl)cc2)CC1)c1ccc(C(=O)NO)cc1. The number of amides is 2. The number of hydrogen-bond donors (Lipinski definition) is 3. The normalized spacial score (nSPS) is 15.9. The molecule has 1 fully saturated rings. The van der Waals surface area contributed by atoms with Crippen LogP contribution in [-0.2, 0) is 10.2 Å². The average Bonchev–Trinajstić information content (AvgIpc) is 3.48. The van der Waals surface area contributed by atoms with Crippen LogP contribution in [0.4, 0.5) is 0 Å². The van der Waals surface area contributed by atoms with Gasteiger partial charge in [-0.25, -0.2) is 5.48 Å². The van der Waals surface area contributed by atoms with Crippen LogP contribution in [0.5, 0.6) is 0 Å². The number of carbonyl (C=O) groups excluding carboxylic acids is 2. The molecule has 1 aliphatic rings. The lowest BCUT2D eigenvalue weighted by atomic mass is 9.91. The number of hydrogen-bond acceptors (Lipinski definition) is 3. The van der Waals surface area contributed by atoms with E-state index in [1.807, 2.05) is 38.1 Å². The average molecular weight is 387 g/mol. The molecule has 2 aromatic rings. The maximum atomic E-state index is 13.1. The highest BCUT2D eigenvalue weighted by atomic mass is 35.5. The molecule has 0 heterocycles. The van der Waals surface area contributed by atoms with Gasteiger partial charge in [-0.05, 0) is 54.2 Å². The first-order valence-corrected chi connectivity index (χ1v) is 9.36. The molecule has 3 rings (SSSR count). The molecule has 0 aromatic heterocycles. The third-order valence-electron chi connectivity index (χ3n) is 5.17. The van der Waals surface area contributed by atoms with Gasteiger partial charge in [-0.2, -0.15) is 0 Å². The van der Waals surface area contributed by atoms with Crippen LogP contribution in [0.1, 0.15) is 54.2 Å². The van der Waals surface area contributed by atoms with Crippen molar-refractivity contribution in [3.8, 4) is 0 Å². The predicted octanol–water partition coefficient (Wildman–Crippen LogP) is 4.00.